The van der Waals surface area contributed by atoms with Gasteiger partial charge in [0, 0.05) is 6.20 Å². The van der Waals surface area contributed by atoms with Crippen molar-refractivity contribution in [3.05, 3.63) is 41.6 Å². The lowest BCUT2D eigenvalue weighted by Crippen LogP contribution is -2.65. The van der Waals surface area contributed by atoms with E-state index in [1.54, 1.807) is 29.6 Å². The molecule has 0 bridgehead atoms. The second-order valence-electron chi connectivity index (χ2n) is 5.68. The maximum atomic E-state index is 13.7. The first-order chi connectivity index (χ1) is 12.7. The number of nitrogens with zero attached hydrogens (tertiary/aromatic N) is 2. The summed E-state index contributed by atoms with van der Waals surface area (Å²) in [4.78, 5) is 25.2. The molecule has 1 aliphatic rings. The SMILES string of the molecule is COC(=O)C1=CN(Cc2ccc(OC)cc2)C(=O)NC1(CC#N)C(F)(F)F. The van der Waals surface area contributed by atoms with E-state index in [0.717, 1.165) is 18.2 Å². The zero-order chi connectivity index (χ0) is 20.2. The molecular formula is C17H16F3N3O4. The van der Waals surface area contributed by atoms with Gasteiger partial charge in [0.15, 0.2) is 5.54 Å². The number of carbonyl (C=O) groups is 2. The van der Waals surface area contributed by atoms with Crippen molar-refractivity contribution in [3.63, 3.8) is 0 Å². The van der Waals surface area contributed by atoms with Gasteiger partial charge in [0.1, 0.15) is 5.75 Å². The highest BCUT2D eigenvalue weighted by atomic mass is 19.4. The summed E-state index contributed by atoms with van der Waals surface area (Å²) >= 11 is 0. The second-order valence-corrected chi connectivity index (χ2v) is 5.68. The first-order valence-corrected chi connectivity index (χ1v) is 7.64. The molecule has 7 nitrogen and oxygen atoms in total. The van der Waals surface area contributed by atoms with Gasteiger partial charge in [0.25, 0.3) is 0 Å². The molecule has 0 aromatic heterocycles. The molecule has 0 radical (unpaired) electrons. The Morgan fingerprint density at radius 2 is 1.93 bits per heavy atom. The Morgan fingerprint density at radius 3 is 2.41 bits per heavy atom. The number of ether oxygens (including phenoxy) is 2. The molecule has 0 saturated heterocycles. The van der Waals surface area contributed by atoms with Crippen LogP contribution in [0.5, 0.6) is 5.75 Å². The van der Waals surface area contributed by atoms with Crippen molar-refractivity contribution in [3.8, 4) is 11.8 Å². The van der Waals surface area contributed by atoms with Gasteiger partial charge < -0.3 is 14.8 Å². The summed E-state index contributed by atoms with van der Waals surface area (Å²) in [6.45, 7) is -0.100. The average molecular weight is 383 g/mol. The molecule has 1 aromatic carbocycles. The predicted molar refractivity (Wildman–Crippen MR) is 86.2 cm³/mol. The Bertz CT molecular complexity index is 799. The van der Waals surface area contributed by atoms with Crippen molar-refractivity contribution in [2.24, 2.45) is 0 Å². The summed E-state index contributed by atoms with van der Waals surface area (Å²) in [7, 11) is 2.39. The van der Waals surface area contributed by atoms with Crippen molar-refractivity contribution in [1.29, 1.82) is 5.26 Å². The molecule has 0 fully saturated rings. The van der Waals surface area contributed by atoms with Crippen molar-refractivity contribution < 1.29 is 32.2 Å². The van der Waals surface area contributed by atoms with Gasteiger partial charge in [0.2, 0.25) is 0 Å². The van der Waals surface area contributed by atoms with Gasteiger partial charge in [-0.3, -0.25) is 4.90 Å². The molecule has 0 aliphatic carbocycles. The highest BCUT2D eigenvalue weighted by molar-refractivity contribution is 5.95. The molecule has 2 amide bonds. The third-order valence-corrected chi connectivity index (χ3v) is 4.07. The van der Waals surface area contributed by atoms with Crippen LogP contribution in [0.1, 0.15) is 12.0 Å². The number of halogens is 3. The van der Waals surface area contributed by atoms with Gasteiger partial charge >= 0.3 is 18.2 Å². The molecule has 1 aromatic rings. The van der Waals surface area contributed by atoms with Crippen molar-refractivity contribution >= 4 is 12.0 Å². The summed E-state index contributed by atoms with van der Waals surface area (Å²) in [5, 5.41) is 10.6. The van der Waals surface area contributed by atoms with E-state index in [2.05, 4.69) is 4.74 Å². The standard InChI is InChI=1S/C17H16F3N3O4/c1-26-12-5-3-11(4-6-12)9-23-10-13(14(24)27-2)16(7-8-21,17(18,19)20)22-15(23)25/h3-6,10H,7,9H2,1-2H3,(H,22,25). The minimum absolute atomic E-state index is 0.100. The minimum atomic E-state index is -5.08. The van der Waals surface area contributed by atoms with Gasteiger partial charge in [-0.2, -0.15) is 18.4 Å². The zero-order valence-corrected chi connectivity index (χ0v) is 14.5. The predicted octanol–water partition coefficient (Wildman–Crippen LogP) is 2.49. The number of hydrogen-bond acceptors (Lipinski definition) is 5. The van der Waals surface area contributed by atoms with E-state index in [9.17, 15) is 22.8 Å². The number of benzene rings is 1. The van der Waals surface area contributed by atoms with Gasteiger partial charge in [0.05, 0.1) is 38.8 Å². The average Bonchev–Trinajstić information content (AvgIpc) is 2.63. The van der Waals surface area contributed by atoms with Crippen LogP contribution >= 0.6 is 0 Å². The molecule has 0 spiro atoms. The molecule has 0 saturated carbocycles. The summed E-state index contributed by atoms with van der Waals surface area (Å²) in [6, 6.07) is 6.78. The van der Waals surface area contributed by atoms with E-state index in [0.29, 0.717) is 11.3 Å². The summed E-state index contributed by atoms with van der Waals surface area (Å²) in [5.74, 6) is -0.722. The Kier molecular flexibility index (Phi) is 5.64. The molecule has 1 N–H and O–H groups in total. The van der Waals surface area contributed by atoms with Crippen LogP contribution in [0.15, 0.2) is 36.0 Å². The van der Waals surface area contributed by atoms with E-state index < -0.39 is 35.7 Å². The molecule has 1 atom stereocenters. The molecule has 2 rings (SSSR count). The third-order valence-electron chi connectivity index (χ3n) is 4.07. The lowest BCUT2D eigenvalue weighted by atomic mass is 9.84. The number of rotatable bonds is 5. The Balaban J connectivity index is 2.46. The fourth-order valence-electron chi connectivity index (χ4n) is 2.61. The highest BCUT2D eigenvalue weighted by Crippen LogP contribution is 2.41. The molecule has 27 heavy (non-hydrogen) atoms. The topological polar surface area (TPSA) is 91.7 Å². The summed E-state index contributed by atoms with van der Waals surface area (Å²) in [6.07, 6.45) is -5.47. The van der Waals surface area contributed by atoms with Gasteiger partial charge in [-0.15, -0.1) is 0 Å². The first kappa shape index (κ1) is 20.1. The zero-order valence-electron chi connectivity index (χ0n) is 14.5. The number of nitrogens with one attached hydrogen (secondary N) is 1. The maximum absolute atomic E-state index is 13.7. The molecular weight excluding hydrogens is 367 g/mol. The monoisotopic (exact) mass is 383 g/mol. The van der Waals surface area contributed by atoms with Crippen LogP contribution in [0.4, 0.5) is 18.0 Å². The van der Waals surface area contributed by atoms with Crippen molar-refractivity contribution in [2.45, 2.75) is 24.7 Å². The Labute approximate surface area is 152 Å². The number of urea groups is 1. The van der Waals surface area contributed by atoms with E-state index in [1.165, 1.54) is 13.2 Å². The number of alkyl halides is 3. The second kappa shape index (κ2) is 7.57. The van der Waals surface area contributed by atoms with E-state index in [1.807, 2.05) is 0 Å². The Hall–Kier alpha value is -3.22. The first-order valence-electron chi connectivity index (χ1n) is 7.64. The van der Waals surface area contributed by atoms with Crippen LogP contribution in [0, 0.1) is 11.3 Å². The van der Waals surface area contributed by atoms with Crippen LogP contribution in [0.25, 0.3) is 0 Å². The lowest BCUT2D eigenvalue weighted by molar-refractivity contribution is -0.186. The van der Waals surface area contributed by atoms with Crippen LogP contribution in [-0.2, 0) is 16.1 Å². The maximum Gasteiger partial charge on any atom is 0.417 e. The number of hydrogen-bond donors (Lipinski definition) is 1. The highest BCUT2D eigenvalue weighted by Gasteiger charge is 2.62. The summed E-state index contributed by atoms with van der Waals surface area (Å²) in [5.41, 5.74) is -3.42. The molecule has 1 unspecified atom stereocenters. The molecule has 1 aliphatic heterocycles. The molecule has 10 heteroatoms. The van der Waals surface area contributed by atoms with Gasteiger partial charge in [-0.1, -0.05) is 12.1 Å². The number of carbonyl (C=O) groups excluding carboxylic acids is 2. The van der Waals surface area contributed by atoms with Crippen LogP contribution < -0.4 is 10.1 Å². The largest absolute Gasteiger partial charge is 0.497 e. The van der Waals surface area contributed by atoms with Gasteiger partial charge in [-0.05, 0) is 17.7 Å². The number of amides is 2. The summed E-state index contributed by atoms with van der Waals surface area (Å²) < 4.78 is 50.5. The van der Waals surface area contributed by atoms with E-state index in [4.69, 9.17) is 10.00 Å². The molecule has 144 valence electrons. The lowest BCUT2D eigenvalue weighted by Gasteiger charge is -2.40. The fourth-order valence-corrected chi connectivity index (χ4v) is 2.61. The normalized spacial score (nSPS) is 19.6. The number of esters is 1. The number of methoxy groups -OCH3 is 2. The van der Waals surface area contributed by atoms with Crippen LogP contribution in [0.3, 0.4) is 0 Å². The third kappa shape index (κ3) is 3.81. The van der Waals surface area contributed by atoms with Gasteiger partial charge in [-0.25, -0.2) is 9.59 Å². The fraction of sp³-hybridized carbons (Fsp3) is 0.353. The minimum Gasteiger partial charge on any atom is -0.497 e. The number of nitriles is 1. The van der Waals surface area contributed by atoms with Crippen molar-refractivity contribution in [2.75, 3.05) is 14.2 Å². The molecule has 1 heterocycles. The van der Waals surface area contributed by atoms with Crippen LogP contribution in [0.2, 0.25) is 0 Å². The van der Waals surface area contributed by atoms with E-state index in [-0.39, 0.29) is 6.54 Å². The van der Waals surface area contributed by atoms with E-state index >= 15 is 0 Å². The quantitative estimate of drug-likeness (QED) is 0.789. The Morgan fingerprint density at radius 1 is 1.30 bits per heavy atom. The van der Waals surface area contributed by atoms with Crippen molar-refractivity contribution in [1.82, 2.24) is 10.2 Å². The van der Waals surface area contributed by atoms with Crippen LogP contribution in [-0.4, -0.2) is 42.8 Å². The smallest absolute Gasteiger partial charge is 0.417 e.